The Morgan fingerprint density at radius 2 is 2.10 bits per heavy atom. The maximum absolute atomic E-state index is 8.27. The Bertz CT molecular complexity index is 261. The molecule has 0 unspecified atom stereocenters. The Hall–Kier alpha value is -1.21. The number of nitrogens with one attached hydrogen (secondary N) is 1. The Kier molecular flexibility index (Phi) is 3.29. The Morgan fingerprint density at radius 3 is 2.50 bits per heavy atom. The van der Waals surface area contributed by atoms with Crippen molar-refractivity contribution in [2.24, 2.45) is 0 Å². The van der Waals surface area contributed by atoms with Crippen LogP contribution in [-0.2, 0) is 0 Å². The van der Waals surface area contributed by atoms with Gasteiger partial charge in [-0.25, -0.2) is 4.98 Å². The van der Waals surface area contributed by atoms with Crippen LogP contribution in [0.1, 0.15) is 11.4 Å². The molecule has 1 aromatic rings. The predicted octanol–water partition coefficient (Wildman–Crippen LogP) is -0.228. The maximum Gasteiger partial charge on any atom is 0.176 e. The molecular weight excluding hydrogens is 123 g/mol. The second-order valence-electron chi connectivity index (χ2n) is 1.35. The topological polar surface area (TPSA) is 76.3 Å². The average Bonchev–Trinajstić information content (AvgIpc) is 2.33. The first-order valence-corrected chi connectivity index (χ1v) is 2.22. The van der Waals surface area contributed by atoms with Gasteiger partial charge in [0.1, 0.15) is 12.1 Å². The molecular formula is C5H2LiN4. The number of aromatic nitrogens is 2. The number of nitriles is 2. The summed E-state index contributed by atoms with van der Waals surface area (Å²) in [6, 6.07) is 3.55. The van der Waals surface area contributed by atoms with Crippen LogP contribution in [-0.4, -0.2) is 28.8 Å². The number of imidazole rings is 1. The van der Waals surface area contributed by atoms with E-state index >= 15 is 0 Å². The first kappa shape index (κ1) is 8.79. The zero-order chi connectivity index (χ0) is 6.69. The van der Waals surface area contributed by atoms with E-state index in [1.165, 1.54) is 6.33 Å². The number of rotatable bonds is 0. The van der Waals surface area contributed by atoms with Gasteiger partial charge in [0.15, 0.2) is 11.4 Å². The second kappa shape index (κ2) is 3.75. The van der Waals surface area contributed by atoms with E-state index in [4.69, 9.17) is 10.5 Å². The molecule has 1 rings (SSSR count). The van der Waals surface area contributed by atoms with Crippen molar-refractivity contribution in [3.63, 3.8) is 0 Å². The molecule has 1 radical (unpaired) electrons. The van der Waals surface area contributed by atoms with E-state index in [-0.39, 0.29) is 30.2 Å². The van der Waals surface area contributed by atoms with Crippen LogP contribution in [0.3, 0.4) is 0 Å². The summed E-state index contributed by atoms with van der Waals surface area (Å²) in [5.74, 6) is 0. The number of hydrogen-bond donors (Lipinski definition) is 1. The van der Waals surface area contributed by atoms with Crippen molar-refractivity contribution in [2.45, 2.75) is 0 Å². The van der Waals surface area contributed by atoms with Crippen molar-refractivity contribution in [1.29, 1.82) is 10.5 Å². The van der Waals surface area contributed by atoms with Gasteiger partial charge < -0.3 is 4.98 Å². The molecule has 0 saturated carbocycles. The molecule has 0 aliphatic carbocycles. The third-order valence-electron chi connectivity index (χ3n) is 0.857. The first-order chi connectivity index (χ1) is 4.38. The summed E-state index contributed by atoms with van der Waals surface area (Å²) in [6.07, 6.45) is 1.32. The summed E-state index contributed by atoms with van der Waals surface area (Å²) in [5, 5.41) is 16.5. The molecule has 0 aliphatic rings. The molecule has 0 amide bonds. The van der Waals surface area contributed by atoms with Crippen molar-refractivity contribution >= 4 is 18.9 Å². The molecule has 4 nitrogen and oxygen atoms in total. The molecule has 1 aromatic heterocycles. The number of H-pyrrole nitrogens is 1. The Morgan fingerprint density at radius 1 is 1.40 bits per heavy atom. The zero-order valence-corrected chi connectivity index (χ0v) is 5.42. The monoisotopic (exact) mass is 125 g/mol. The summed E-state index contributed by atoms with van der Waals surface area (Å²) in [6.45, 7) is 0. The summed E-state index contributed by atoms with van der Waals surface area (Å²) in [5.41, 5.74) is 0.370. The number of aromatic amines is 1. The van der Waals surface area contributed by atoms with Crippen LogP contribution in [0.2, 0.25) is 0 Å². The van der Waals surface area contributed by atoms with Crippen LogP contribution in [0.5, 0.6) is 0 Å². The standard InChI is InChI=1S/C5H2N4.Li/c6-1-4-5(2-7)9-3-8-4;/h3H,(H,8,9);. The molecule has 0 bridgehead atoms. The van der Waals surface area contributed by atoms with Gasteiger partial charge in [0, 0.05) is 18.9 Å². The van der Waals surface area contributed by atoms with Gasteiger partial charge in [0.05, 0.1) is 6.33 Å². The number of nitrogens with zero attached hydrogens (tertiary/aromatic N) is 3. The molecule has 5 heteroatoms. The molecule has 0 saturated heterocycles. The summed E-state index contributed by atoms with van der Waals surface area (Å²) < 4.78 is 0. The molecule has 1 heterocycles. The minimum absolute atomic E-state index is 0. The smallest absolute Gasteiger partial charge is 0.176 e. The van der Waals surface area contributed by atoms with Gasteiger partial charge in [0.2, 0.25) is 0 Å². The van der Waals surface area contributed by atoms with E-state index in [2.05, 4.69) is 9.97 Å². The Balaban J connectivity index is 0.000000810. The molecule has 0 aromatic carbocycles. The number of hydrogen-bond acceptors (Lipinski definition) is 3. The minimum Gasteiger partial charge on any atom is -0.335 e. The third kappa shape index (κ3) is 1.39. The van der Waals surface area contributed by atoms with E-state index in [0.29, 0.717) is 0 Å². The normalized spacial score (nSPS) is 7.00. The van der Waals surface area contributed by atoms with Crippen molar-refractivity contribution in [3.8, 4) is 12.1 Å². The van der Waals surface area contributed by atoms with Gasteiger partial charge in [-0.1, -0.05) is 0 Å². The van der Waals surface area contributed by atoms with E-state index in [0.717, 1.165) is 0 Å². The van der Waals surface area contributed by atoms with E-state index < -0.39 is 0 Å². The van der Waals surface area contributed by atoms with Crippen LogP contribution in [0, 0.1) is 22.7 Å². The minimum atomic E-state index is 0. The van der Waals surface area contributed by atoms with Gasteiger partial charge in [-0.3, -0.25) is 0 Å². The largest absolute Gasteiger partial charge is 0.335 e. The maximum atomic E-state index is 8.27. The fourth-order valence-electron chi connectivity index (χ4n) is 0.464. The van der Waals surface area contributed by atoms with Crippen LogP contribution >= 0.6 is 0 Å². The van der Waals surface area contributed by atoms with Gasteiger partial charge >= 0.3 is 0 Å². The summed E-state index contributed by atoms with van der Waals surface area (Å²) in [4.78, 5) is 6.08. The van der Waals surface area contributed by atoms with Crippen LogP contribution in [0.4, 0.5) is 0 Å². The molecule has 0 aliphatic heterocycles. The van der Waals surface area contributed by atoms with Crippen LogP contribution < -0.4 is 0 Å². The van der Waals surface area contributed by atoms with E-state index in [1.54, 1.807) is 12.1 Å². The Labute approximate surface area is 69.7 Å². The quantitative estimate of drug-likeness (QED) is 0.486. The average molecular weight is 125 g/mol. The fourth-order valence-corrected chi connectivity index (χ4v) is 0.464. The van der Waals surface area contributed by atoms with Crippen molar-refractivity contribution in [2.75, 3.05) is 0 Å². The third-order valence-corrected chi connectivity index (χ3v) is 0.857. The van der Waals surface area contributed by atoms with Crippen LogP contribution in [0.15, 0.2) is 6.33 Å². The van der Waals surface area contributed by atoms with E-state index in [1.807, 2.05) is 0 Å². The van der Waals surface area contributed by atoms with Crippen LogP contribution in [0.25, 0.3) is 0 Å². The van der Waals surface area contributed by atoms with Gasteiger partial charge in [-0.2, -0.15) is 10.5 Å². The van der Waals surface area contributed by atoms with Gasteiger partial charge in [-0.15, -0.1) is 0 Å². The predicted molar refractivity (Wildman–Crippen MR) is 33.8 cm³/mol. The van der Waals surface area contributed by atoms with Crippen molar-refractivity contribution in [3.05, 3.63) is 17.7 Å². The van der Waals surface area contributed by atoms with Gasteiger partial charge in [-0.05, 0) is 0 Å². The molecule has 0 spiro atoms. The zero-order valence-electron chi connectivity index (χ0n) is 5.42. The van der Waals surface area contributed by atoms with Crippen molar-refractivity contribution in [1.82, 2.24) is 9.97 Å². The van der Waals surface area contributed by atoms with Gasteiger partial charge in [0.25, 0.3) is 0 Å². The fraction of sp³-hybridized carbons (Fsp3) is 0. The molecule has 0 atom stereocenters. The summed E-state index contributed by atoms with van der Waals surface area (Å²) >= 11 is 0. The van der Waals surface area contributed by atoms with E-state index in [9.17, 15) is 0 Å². The molecule has 0 fully saturated rings. The van der Waals surface area contributed by atoms with Crippen molar-refractivity contribution < 1.29 is 0 Å². The molecule has 43 valence electrons. The summed E-state index contributed by atoms with van der Waals surface area (Å²) in [7, 11) is 0. The SMILES string of the molecule is N#Cc1nc[nH]c1C#N.[Li]. The molecule has 10 heavy (non-hydrogen) atoms. The first-order valence-electron chi connectivity index (χ1n) is 2.22. The molecule has 1 N–H and O–H groups in total. The second-order valence-corrected chi connectivity index (χ2v) is 1.35.